The zero-order valence-corrected chi connectivity index (χ0v) is 16.6. The number of esters is 1. The minimum absolute atomic E-state index is 0.120. The van der Waals surface area contributed by atoms with Crippen LogP contribution >= 0.6 is 0 Å². The number of hydrogen-bond donors (Lipinski definition) is 2. The summed E-state index contributed by atoms with van der Waals surface area (Å²) in [6.45, 7) is 0.405. The van der Waals surface area contributed by atoms with Crippen molar-refractivity contribution in [3.8, 4) is 0 Å². The molecule has 2 N–H and O–H groups in total. The second-order valence-corrected chi connectivity index (χ2v) is 7.73. The number of aliphatic hydroxyl groups is 1. The molecule has 0 rings (SSSR count). The highest BCUT2D eigenvalue weighted by atomic mass is 16.5. The largest absolute Gasteiger partial charge is 0.550 e. The van der Waals surface area contributed by atoms with Crippen molar-refractivity contribution < 1.29 is 38.9 Å². The van der Waals surface area contributed by atoms with Crippen molar-refractivity contribution in [3.63, 3.8) is 0 Å². The van der Waals surface area contributed by atoms with Crippen LogP contribution < -0.4 is 5.11 Å². The van der Waals surface area contributed by atoms with Gasteiger partial charge in [-0.15, -0.1) is 0 Å². The summed E-state index contributed by atoms with van der Waals surface area (Å²) < 4.78 is 5.77. The second kappa shape index (κ2) is 13.1. The first-order chi connectivity index (χ1) is 12.5. The average Bonchev–Trinajstić information content (AvgIpc) is 2.46. The van der Waals surface area contributed by atoms with Gasteiger partial charge in [0.1, 0.15) is 13.0 Å². The molecule has 0 aliphatic heterocycles. The predicted octanol–water partition coefficient (Wildman–Crippen LogP) is 1.39. The number of unbranched alkanes of at least 4 members (excludes halogenated alkanes) is 5. The van der Waals surface area contributed by atoms with Crippen LogP contribution in [0.1, 0.15) is 57.8 Å². The van der Waals surface area contributed by atoms with Crippen LogP contribution in [-0.4, -0.2) is 66.4 Å². The zero-order chi connectivity index (χ0) is 20.9. The standard InChI is InChI=1S/C19H33NO7/c1-20(2,3)14-16(13-18(24)25)27-19(26)11-9-7-5-4-6-8-10-15(21)12-17(22)23/h10,16H,4-9,11-14H2,1-3H3,(H2-,21,22,23,24,25)/b15-10-. The van der Waals surface area contributed by atoms with Crippen molar-refractivity contribution >= 4 is 17.9 Å². The number of carbonyl (C=O) groups is 3. The average molecular weight is 387 g/mol. The Labute approximate surface area is 161 Å². The van der Waals surface area contributed by atoms with Crippen LogP contribution in [0.25, 0.3) is 0 Å². The molecule has 27 heavy (non-hydrogen) atoms. The Balaban J connectivity index is 3.91. The Hall–Kier alpha value is -2.09. The van der Waals surface area contributed by atoms with Crippen LogP contribution in [0.2, 0.25) is 0 Å². The lowest BCUT2D eigenvalue weighted by Gasteiger charge is -2.29. The Morgan fingerprint density at radius 3 is 2.19 bits per heavy atom. The first-order valence-corrected chi connectivity index (χ1v) is 9.29. The molecular formula is C19H33NO7. The molecule has 0 radical (unpaired) electrons. The number of nitrogens with zero attached hydrogens (tertiary/aromatic N) is 1. The summed E-state index contributed by atoms with van der Waals surface area (Å²) in [5.74, 6) is -2.80. The number of hydrogen-bond acceptors (Lipinski definition) is 6. The van der Waals surface area contributed by atoms with Crippen LogP contribution in [-0.2, 0) is 19.1 Å². The van der Waals surface area contributed by atoms with E-state index < -0.39 is 24.0 Å². The molecule has 0 aliphatic carbocycles. The smallest absolute Gasteiger partial charge is 0.311 e. The van der Waals surface area contributed by atoms with Crippen LogP contribution in [0.5, 0.6) is 0 Å². The van der Waals surface area contributed by atoms with E-state index in [4.69, 9.17) is 9.84 Å². The molecule has 0 fully saturated rings. The molecule has 0 aromatic heterocycles. The number of allylic oxidation sites excluding steroid dienone is 1. The Bertz CT molecular complexity index is 509. The second-order valence-electron chi connectivity index (χ2n) is 7.73. The lowest BCUT2D eigenvalue weighted by molar-refractivity contribution is -0.873. The number of carboxylic acid groups (broad SMARTS) is 2. The summed E-state index contributed by atoms with van der Waals surface area (Å²) in [6, 6.07) is 0. The Morgan fingerprint density at radius 1 is 1.04 bits per heavy atom. The normalized spacial score (nSPS) is 13.2. The van der Waals surface area contributed by atoms with Gasteiger partial charge in [-0.1, -0.05) is 19.3 Å². The highest BCUT2D eigenvalue weighted by Gasteiger charge is 2.22. The first kappa shape index (κ1) is 24.9. The molecule has 0 saturated heterocycles. The van der Waals surface area contributed by atoms with E-state index in [2.05, 4.69) is 0 Å². The van der Waals surface area contributed by atoms with Gasteiger partial charge in [0.25, 0.3) is 0 Å². The van der Waals surface area contributed by atoms with Crippen LogP contribution in [0.15, 0.2) is 11.8 Å². The first-order valence-electron chi connectivity index (χ1n) is 9.29. The molecule has 0 heterocycles. The summed E-state index contributed by atoms with van der Waals surface area (Å²) in [5.41, 5.74) is 0. The van der Waals surface area contributed by atoms with Gasteiger partial charge < -0.3 is 29.3 Å². The van der Waals surface area contributed by atoms with Crippen molar-refractivity contribution in [1.29, 1.82) is 0 Å². The van der Waals surface area contributed by atoms with Crippen LogP contribution in [0, 0.1) is 0 Å². The third-order valence-electron chi connectivity index (χ3n) is 3.74. The lowest BCUT2D eigenvalue weighted by Crippen LogP contribution is -2.45. The van der Waals surface area contributed by atoms with Gasteiger partial charge in [0.15, 0.2) is 6.10 Å². The number of rotatable bonds is 15. The number of likely N-dealkylation sites (N-methyl/N-ethyl adjacent to an activating group) is 1. The maximum atomic E-state index is 11.9. The van der Waals surface area contributed by atoms with E-state index in [0.717, 1.165) is 25.7 Å². The quantitative estimate of drug-likeness (QED) is 0.188. The molecule has 156 valence electrons. The number of ether oxygens (including phenoxy) is 1. The molecule has 0 spiro atoms. The molecule has 0 aliphatic rings. The molecule has 1 atom stereocenters. The van der Waals surface area contributed by atoms with Gasteiger partial charge in [-0.2, -0.15) is 0 Å². The van der Waals surface area contributed by atoms with Crippen molar-refractivity contribution in [2.45, 2.75) is 63.9 Å². The fourth-order valence-corrected chi connectivity index (χ4v) is 2.62. The lowest BCUT2D eigenvalue weighted by atomic mass is 10.1. The van der Waals surface area contributed by atoms with E-state index in [1.54, 1.807) is 0 Å². The fourth-order valence-electron chi connectivity index (χ4n) is 2.62. The molecule has 0 aromatic rings. The highest BCUT2D eigenvalue weighted by molar-refractivity contribution is 5.71. The summed E-state index contributed by atoms with van der Waals surface area (Å²) in [6.07, 6.45) is 5.25. The van der Waals surface area contributed by atoms with E-state index in [1.807, 2.05) is 21.1 Å². The molecule has 0 amide bonds. The molecule has 0 bridgehead atoms. The van der Waals surface area contributed by atoms with Gasteiger partial charge in [0.2, 0.25) is 0 Å². The topological polar surface area (TPSA) is 124 Å². The zero-order valence-electron chi connectivity index (χ0n) is 16.6. The molecule has 0 saturated carbocycles. The van der Waals surface area contributed by atoms with Gasteiger partial charge in [-0.05, 0) is 25.3 Å². The van der Waals surface area contributed by atoms with Crippen molar-refractivity contribution in [2.24, 2.45) is 0 Å². The number of aliphatic hydroxyl groups excluding tert-OH is 1. The fraction of sp³-hybridized carbons (Fsp3) is 0.737. The summed E-state index contributed by atoms with van der Waals surface area (Å²) in [7, 11) is 5.69. The monoisotopic (exact) mass is 387 g/mol. The number of carbonyl (C=O) groups excluding carboxylic acids is 2. The molecule has 8 nitrogen and oxygen atoms in total. The number of quaternary nitrogens is 1. The summed E-state index contributed by atoms with van der Waals surface area (Å²) >= 11 is 0. The Morgan fingerprint density at radius 2 is 1.63 bits per heavy atom. The predicted molar refractivity (Wildman–Crippen MR) is 97.7 cm³/mol. The highest BCUT2D eigenvalue weighted by Crippen LogP contribution is 2.11. The van der Waals surface area contributed by atoms with Gasteiger partial charge in [0.05, 0.1) is 26.9 Å². The van der Waals surface area contributed by atoms with Gasteiger partial charge in [-0.25, -0.2) is 0 Å². The maximum absolute atomic E-state index is 11.9. The SMILES string of the molecule is C[N+](C)(C)CC(CC(=O)[O-])OC(=O)CCCCCCC/C=C(\O)CC(=O)O. The molecule has 0 aromatic carbocycles. The van der Waals surface area contributed by atoms with Gasteiger partial charge in [0, 0.05) is 18.8 Å². The number of aliphatic carboxylic acids is 2. The molecule has 8 heteroatoms. The van der Waals surface area contributed by atoms with Crippen molar-refractivity contribution in [2.75, 3.05) is 27.7 Å². The van der Waals surface area contributed by atoms with E-state index in [1.165, 1.54) is 6.08 Å². The van der Waals surface area contributed by atoms with Crippen LogP contribution in [0.4, 0.5) is 0 Å². The van der Waals surface area contributed by atoms with Gasteiger partial charge >= 0.3 is 11.9 Å². The molecule has 1 unspecified atom stereocenters. The third-order valence-corrected chi connectivity index (χ3v) is 3.74. The van der Waals surface area contributed by atoms with Crippen molar-refractivity contribution in [3.05, 3.63) is 11.8 Å². The Kier molecular flexibility index (Phi) is 12.1. The van der Waals surface area contributed by atoms with E-state index >= 15 is 0 Å². The summed E-state index contributed by atoms with van der Waals surface area (Å²) in [5, 5.41) is 28.6. The number of carboxylic acids is 2. The minimum Gasteiger partial charge on any atom is -0.550 e. The van der Waals surface area contributed by atoms with Crippen LogP contribution in [0.3, 0.4) is 0 Å². The summed E-state index contributed by atoms with van der Waals surface area (Å²) in [4.78, 5) is 33.1. The van der Waals surface area contributed by atoms with E-state index in [9.17, 15) is 24.6 Å². The van der Waals surface area contributed by atoms with E-state index in [-0.39, 0.29) is 25.0 Å². The third kappa shape index (κ3) is 17.1. The van der Waals surface area contributed by atoms with Gasteiger partial charge in [-0.3, -0.25) is 9.59 Å². The van der Waals surface area contributed by atoms with E-state index in [0.29, 0.717) is 23.9 Å². The van der Waals surface area contributed by atoms with Crippen molar-refractivity contribution in [1.82, 2.24) is 0 Å². The minimum atomic E-state index is -1.23. The molecular weight excluding hydrogens is 354 g/mol. The maximum Gasteiger partial charge on any atom is 0.311 e.